The highest BCUT2D eigenvalue weighted by molar-refractivity contribution is 4.87. The summed E-state index contributed by atoms with van der Waals surface area (Å²) in [6.45, 7) is 6.99. The fourth-order valence-electron chi connectivity index (χ4n) is 2.34. The van der Waals surface area contributed by atoms with Crippen molar-refractivity contribution in [2.24, 2.45) is 11.8 Å². The van der Waals surface area contributed by atoms with E-state index in [0.717, 1.165) is 6.42 Å². The number of aliphatic hydroxyl groups excluding tert-OH is 1. The van der Waals surface area contributed by atoms with E-state index in [1.54, 1.807) is 0 Å². The summed E-state index contributed by atoms with van der Waals surface area (Å²) in [6, 6.07) is 0. The molecule has 0 aromatic heterocycles. The van der Waals surface area contributed by atoms with Crippen molar-refractivity contribution in [1.82, 2.24) is 0 Å². The van der Waals surface area contributed by atoms with Gasteiger partial charge in [-0.2, -0.15) is 0 Å². The topological polar surface area (TPSA) is 47.9 Å². The van der Waals surface area contributed by atoms with Gasteiger partial charge in [0.05, 0.1) is 19.3 Å². The summed E-state index contributed by atoms with van der Waals surface area (Å²) < 4.78 is 16.8. The quantitative estimate of drug-likeness (QED) is 0.713. The minimum atomic E-state index is -0.697. The summed E-state index contributed by atoms with van der Waals surface area (Å²) in [5.41, 5.74) is 0. The standard InChI is InChI=1S/C11H20O4/c1-4-9-7-5-13-11(2,3)14-6-8(7)10(12)15-9/h7-10,12H,4-6H2,1-3H3/t7-,8?,9+,10?/m0/s1. The van der Waals surface area contributed by atoms with Gasteiger partial charge in [-0.25, -0.2) is 0 Å². The Hall–Kier alpha value is -0.160. The number of rotatable bonds is 1. The summed E-state index contributed by atoms with van der Waals surface area (Å²) in [5, 5.41) is 9.76. The van der Waals surface area contributed by atoms with Gasteiger partial charge in [-0.1, -0.05) is 6.92 Å². The predicted octanol–water partition coefficient (Wildman–Crippen LogP) is 1.13. The third kappa shape index (κ3) is 2.18. The van der Waals surface area contributed by atoms with Gasteiger partial charge >= 0.3 is 0 Å². The molecule has 1 N–H and O–H groups in total. The largest absolute Gasteiger partial charge is 0.368 e. The van der Waals surface area contributed by atoms with Crippen molar-refractivity contribution >= 4 is 0 Å². The highest BCUT2D eigenvalue weighted by Crippen LogP contribution is 2.37. The van der Waals surface area contributed by atoms with Gasteiger partial charge in [0, 0.05) is 11.8 Å². The highest BCUT2D eigenvalue weighted by Gasteiger charge is 2.46. The second-order valence-electron chi connectivity index (χ2n) is 4.82. The lowest BCUT2D eigenvalue weighted by Gasteiger charge is -2.24. The van der Waals surface area contributed by atoms with Gasteiger partial charge in [-0.05, 0) is 20.3 Å². The van der Waals surface area contributed by atoms with E-state index >= 15 is 0 Å². The Morgan fingerprint density at radius 3 is 2.40 bits per heavy atom. The van der Waals surface area contributed by atoms with Crippen LogP contribution >= 0.6 is 0 Å². The molecule has 2 unspecified atom stereocenters. The Labute approximate surface area is 90.5 Å². The molecule has 4 nitrogen and oxygen atoms in total. The lowest BCUT2D eigenvalue weighted by molar-refractivity contribution is -0.216. The lowest BCUT2D eigenvalue weighted by Crippen LogP contribution is -2.29. The zero-order chi connectivity index (χ0) is 11.1. The van der Waals surface area contributed by atoms with Crippen LogP contribution < -0.4 is 0 Å². The molecule has 0 bridgehead atoms. The van der Waals surface area contributed by atoms with Gasteiger partial charge in [-0.3, -0.25) is 0 Å². The first-order valence-corrected chi connectivity index (χ1v) is 5.65. The Bertz CT molecular complexity index is 229. The van der Waals surface area contributed by atoms with Crippen molar-refractivity contribution in [2.75, 3.05) is 13.2 Å². The van der Waals surface area contributed by atoms with E-state index in [-0.39, 0.29) is 17.9 Å². The van der Waals surface area contributed by atoms with Crippen LogP contribution in [0.5, 0.6) is 0 Å². The lowest BCUT2D eigenvalue weighted by atomic mass is 9.90. The molecule has 2 saturated heterocycles. The maximum atomic E-state index is 9.76. The first-order chi connectivity index (χ1) is 7.03. The van der Waals surface area contributed by atoms with E-state index in [1.165, 1.54) is 0 Å². The number of fused-ring (bicyclic) bond motifs is 1. The van der Waals surface area contributed by atoms with E-state index in [0.29, 0.717) is 13.2 Å². The van der Waals surface area contributed by atoms with Crippen LogP contribution in [-0.2, 0) is 14.2 Å². The van der Waals surface area contributed by atoms with Gasteiger partial charge in [-0.15, -0.1) is 0 Å². The van der Waals surface area contributed by atoms with Crippen LogP contribution in [0.1, 0.15) is 27.2 Å². The molecule has 2 aliphatic rings. The van der Waals surface area contributed by atoms with Crippen LogP contribution in [0.4, 0.5) is 0 Å². The summed E-state index contributed by atoms with van der Waals surface area (Å²) >= 11 is 0. The summed E-state index contributed by atoms with van der Waals surface area (Å²) in [7, 11) is 0. The van der Waals surface area contributed by atoms with Crippen LogP contribution in [0.2, 0.25) is 0 Å². The second kappa shape index (κ2) is 4.01. The minimum absolute atomic E-state index is 0.0525. The SMILES string of the molecule is CC[C@H]1OC(O)C2COC(C)(C)OC[C@@H]21. The molecule has 15 heavy (non-hydrogen) atoms. The molecule has 0 radical (unpaired) electrons. The molecule has 0 spiro atoms. The van der Waals surface area contributed by atoms with Crippen molar-refractivity contribution in [1.29, 1.82) is 0 Å². The van der Waals surface area contributed by atoms with Gasteiger partial charge in [0.15, 0.2) is 12.1 Å². The average Bonchev–Trinajstić information content (AvgIpc) is 2.38. The van der Waals surface area contributed by atoms with Crippen molar-refractivity contribution < 1.29 is 19.3 Å². The Morgan fingerprint density at radius 2 is 1.80 bits per heavy atom. The van der Waals surface area contributed by atoms with Gasteiger partial charge in [0.25, 0.3) is 0 Å². The third-order valence-electron chi connectivity index (χ3n) is 3.36. The van der Waals surface area contributed by atoms with Crippen molar-refractivity contribution in [2.45, 2.75) is 45.4 Å². The van der Waals surface area contributed by atoms with Crippen molar-refractivity contribution in [3.8, 4) is 0 Å². The fourth-order valence-corrected chi connectivity index (χ4v) is 2.34. The Balaban J connectivity index is 2.09. The third-order valence-corrected chi connectivity index (χ3v) is 3.36. The number of hydrogen-bond donors (Lipinski definition) is 1. The summed E-state index contributed by atoms with van der Waals surface area (Å²) in [6.07, 6.45) is 0.308. The molecule has 0 aromatic rings. The normalized spacial score (nSPS) is 44.8. The van der Waals surface area contributed by atoms with Gasteiger partial charge in [0.2, 0.25) is 0 Å². The second-order valence-corrected chi connectivity index (χ2v) is 4.82. The van der Waals surface area contributed by atoms with Crippen LogP contribution in [0, 0.1) is 11.8 Å². The van der Waals surface area contributed by atoms with Crippen LogP contribution in [0.15, 0.2) is 0 Å². The maximum absolute atomic E-state index is 9.76. The molecule has 0 amide bonds. The van der Waals surface area contributed by atoms with E-state index < -0.39 is 12.1 Å². The van der Waals surface area contributed by atoms with E-state index in [1.807, 2.05) is 13.8 Å². The molecular formula is C11H20O4. The molecule has 2 aliphatic heterocycles. The van der Waals surface area contributed by atoms with E-state index in [9.17, 15) is 5.11 Å². The average molecular weight is 216 g/mol. The smallest absolute Gasteiger partial charge is 0.162 e. The monoisotopic (exact) mass is 216 g/mol. The molecule has 2 rings (SSSR count). The van der Waals surface area contributed by atoms with Crippen molar-refractivity contribution in [3.63, 3.8) is 0 Å². The first kappa shape index (κ1) is 11.3. The van der Waals surface area contributed by atoms with E-state index in [2.05, 4.69) is 6.92 Å². The molecule has 88 valence electrons. The zero-order valence-corrected chi connectivity index (χ0v) is 9.60. The van der Waals surface area contributed by atoms with Crippen LogP contribution in [-0.4, -0.2) is 36.5 Å². The molecule has 2 fully saturated rings. The number of hydrogen-bond acceptors (Lipinski definition) is 4. The molecule has 0 aliphatic carbocycles. The molecule has 4 heteroatoms. The summed E-state index contributed by atoms with van der Waals surface area (Å²) in [5.74, 6) is -0.231. The van der Waals surface area contributed by atoms with Gasteiger partial charge in [0.1, 0.15) is 0 Å². The fraction of sp³-hybridized carbons (Fsp3) is 1.00. The van der Waals surface area contributed by atoms with Crippen LogP contribution in [0.3, 0.4) is 0 Å². The highest BCUT2D eigenvalue weighted by atomic mass is 16.7. The minimum Gasteiger partial charge on any atom is -0.368 e. The maximum Gasteiger partial charge on any atom is 0.162 e. The summed E-state index contributed by atoms with van der Waals surface area (Å²) in [4.78, 5) is 0. The number of ether oxygens (including phenoxy) is 3. The number of aliphatic hydroxyl groups is 1. The van der Waals surface area contributed by atoms with Crippen LogP contribution in [0.25, 0.3) is 0 Å². The molecule has 2 heterocycles. The molecular weight excluding hydrogens is 196 g/mol. The molecule has 4 atom stereocenters. The molecule has 0 aromatic carbocycles. The predicted molar refractivity (Wildman–Crippen MR) is 54.1 cm³/mol. The molecule has 0 saturated carbocycles. The first-order valence-electron chi connectivity index (χ1n) is 5.65. The van der Waals surface area contributed by atoms with Gasteiger partial charge < -0.3 is 19.3 Å². The van der Waals surface area contributed by atoms with E-state index in [4.69, 9.17) is 14.2 Å². The zero-order valence-electron chi connectivity index (χ0n) is 9.60. The Morgan fingerprint density at radius 1 is 1.20 bits per heavy atom. The van der Waals surface area contributed by atoms with Crippen molar-refractivity contribution in [3.05, 3.63) is 0 Å². The Kier molecular flexibility index (Phi) is 3.03.